The molecule has 0 heterocycles. The second-order valence-corrected chi connectivity index (χ2v) is 1.60. The lowest BCUT2D eigenvalue weighted by atomic mass is 10.5. The van der Waals surface area contributed by atoms with E-state index < -0.39 is 0 Å². The van der Waals surface area contributed by atoms with E-state index in [1.54, 1.807) is 7.11 Å². The summed E-state index contributed by atoms with van der Waals surface area (Å²) < 4.78 is 4.81. The average Bonchev–Trinajstić information content (AvgIpc) is 1.81. The number of methoxy groups -OCH3 is 1. The molecular weight excluding hydrogens is 102 g/mol. The third kappa shape index (κ3) is 5.92. The van der Waals surface area contributed by atoms with Crippen LogP contribution in [0.3, 0.4) is 0 Å². The van der Waals surface area contributed by atoms with Crippen LogP contribution < -0.4 is 5.32 Å². The van der Waals surface area contributed by atoms with Gasteiger partial charge in [-0.05, 0) is 13.0 Å². The van der Waals surface area contributed by atoms with Crippen LogP contribution in [0.25, 0.3) is 0 Å². The van der Waals surface area contributed by atoms with Crippen LogP contribution in [0, 0.1) is 6.92 Å². The average molecular weight is 116 g/mol. The normalized spacial score (nSPS) is 9.75. The molecular formula is C6H14NO. The second kappa shape index (κ2) is 6.92. The van der Waals surface area contributed by atoms with Gasteiger partial charge in [-0.3, -0.25) is 0 Å². The van der Waals surface area contributed by atoms with Crippen LogP contribution in [-0.2, 0) is 4.74 Å². The smallest absolute Gasteiger partial charge is 0.0587 e. The molecule has 0 rings (SSSR count). The summed E-state index contributed by atoms with van der Waals surface area (Å²) in [5.74, 6) is 0. The van der Waals surface area contributed by atoms with Gasteiger partial charge in [0, 0.05) is 13.7 Å². The fourth-order valence-electron chi connectivity index (χ4n) is 0.424. The van der Waals surface area contributed by atoms with Gasteiger partial charge in [0.15, 0.2) is 0 Å². The number of hydrogen-bond acceptors (Lipinski definition) is 2. The molecule has 8 heavy (non-hydrogen) atoms. The molecule has 0 fully saturated rings. The molecule has 0 spiro atoms. The van der Waals surface area contributed by atoms with Crippen LogP contribution in [0.1, 0.15) is 6.42 Å². The van der Waals surface area contributed by atoms with Gasteiger partial charge in [-0.15, -0.1) is 0 Å². The fourth-order valence-corrected chi connectivity index (χ4v) is 0.424. The number of ether oxygens (including phenoxy) is 1. The van der Waals surface area contributed by atoms with Crippen LogP contribution in [0.5, 0.6) is 0 Å². The van der Waals surface area contributed by atoms with Crippen molar-refractivity contribution in [3.8, 4) is 0 Å². The van der Waals surface area contributed by atoms with Crippen molar-refractivity contribution < 1.29 is 4.74 Å². The minimum Gasteiger partial charge on any atom is -0.383 e. The van der Waals surface area contributed by atoms with Crippen LogP contribution in [0.4, 0.5) is 0 Å². The molecule has 0 atom stereocenters. The van der Waals surface area contributed by atoms with E-state index in [1.165, 1.54) is 0 Å². The third-order valence-corrected chi connectivity index (χ3v) is 0.837. The van der Waals surface area contributed by atoms with E-state index in [0.717, 1.165) is 26.1 Å². The van der Waals surface area contributed by atoms with Crippen molar-refractivity contribution in [2.45, 2.75) is 6.42 Å². The number of nitrogens with one attached hydrogen (secondary N) is 1. The molecule has 0 aromatic heterocycles. The third-order valence-electron chi connectivity index (χ3n) is 0.837. The standard InChI is InChI=1S/C6H14NO/c1-3-4-7-5-6-8-2/h7H,1,3-6H2,2H3. The zero-order chi connectivity index (χ0) is 6.24. The minimum atomic E-state index is 0.792. The van der Waals surface area contributed by atoms with E-state index in [2.05, 4.69) is 12.2 Å². The first kappa shape index (κ1) is 7.92. The zero-order valence-corrected chi connectivity index (χ0v) is 5.44. The Balaban J connectivity index is 2.53. The highest BCUT2D eigenvalue weighted by atomic mass is 16.5. The molecule has 2 heteroatoms. The van der Waals surface area contributed by atoms with Gasteiger partial charge in [0.25, 0.3) is 0 Å². The molecule has 0 saturated carbocycles. The topological polar surface area (TPSA) is 21.3 Å². The van der Waals surface area contributed by atoms with Crippen LogP contribution in [0.15, 0.2) is 0 Å². The predicted octanol–water partition coefficient (Wildman–Crippen LogP) is 0.447. The summed E-state index contributed by atoms with van der Waals surface area (Å²) in [5, 5.41) is 3.15. The molecule has 2 nitrogen and oxygen atoms in total. The lowest BCUT2D eigenvalue weighted by Crippen LogP contribution is -2.19. The fraction of sp³-hybridized carbons (Fsp3) is 0.833. The Bertz CT molecular complexity index is 33.5. The summed E-state index contributed by atoms with van der Waals surface area (Å²) in [6.07, 6.45) is 0.948. The minimum absolute atomic E-state index is 0.792. The molecule has 0 aromatic carbocycles. The Morgan fingerprint density at radius 3 is 2.75 bits per heavy atom. The first-order valence-electron chi connectivity index (χ1n) is 2.90. The number of hydrogen-bond donors (Lipinski definition) is 1. The summed E-state index contributed by atoms with van der Waals surface area (Å²) in [5.41, 5.74) is 0. The summed E-state index contributed by atoms with van der Waals surface area (Å²) in [6, 6.07) is 0. The van der Waals surface area contributed by atoms with Gasteiger partial charge >= 0.3 is 0 Å². The molecule has 0 amide bonds. The monoisotopic (exact) mass is 116 g/mol. The van der Waals surface area contributed by atoms with Crippen LogP contribution >= 0.6 is 0 Å². The lowest BCUT2D eigenvalue weighted by Gasteiger charge is -1.98. The summed E-state index contributed by atoms with van der Waals surface area (Å²) in [7, 11) is 1.70. The molecule has 0 unspecified atom stereocenters. The molecule has 49 valence electrons. The Morgan fingerprint density at radius 2 is 2.25 bits per heavy atom. The summed E-state index contributed by atoms with van der Waals surface area (Å²) >= 11 is 0. The van der Waals surface area contributed by atoms with E-state index in [0.29, 0.717) is 0 Å². The Labute approximate surface area is 51.2 Å². The Kier molecular flexibility index (Phi) is 6.85. The van der Waals surface area contributed by atoms with Crippen molar-refractivity contribution in [1.82, 2.24) is 5.32 Å². The van der Waals surface area contributed by atoms with E-state index >= 15 is 0 Å². The highest BCUT2D eigenvalue weighted by Crippen LogP contribution is 1.68. The zero-order valence-electron chi connectivity index (χ0n) is 5.44. The van der Waals surface area contributed by atoms with Crippen molar-refractivity contribution in [3.63, 3.8) is 0 Å². The highest BCUT2D eigenvalue weighted by molar-refractivity contribution is 4.46. The molecule has 1 radical (unpaired) electrons. The second-order valence-electron chi connectivity index (χ2n) is 1.60. The Hall–Kier alpha value is -0.0800. The van der Waals surface area contributed by atoms with E-state index in [4.69, 9.17) is 4.74 Å². The van der Waals surface area contributed by atoms with Crippen LogP contribution in [0.2, 0.25) is 0 Å². The van der Waals surface area contributed by atoms with Gasteiger partial charge in [0.2, 0.25) is 0 Å². The molecule has 0 bridgehead atoms. The predicted molar refractivity (Wildman–Crippen MR) is 34.7 cm³/mol. The first-order chi connectivity index (χ1) is 3.91. The van der Waals surface area contributed by atoms with Crippen molar-refractivity contribution in [2.24, 2.45) is 0 Å². The van der Waals surface area contributed by atoms with Gasteiger partial charge in [0.05, 0.1) is 6.61 Å². The lowest BCUT2D eigenvalue weighted by molar-refractivity contribution is 0.199. The van der Waals surface area contributed by atoms with E-state index in [1.807, 2.05) is 0 Å². The quantitative estimate of drug-likeness (QED) is 0.526. The molecule has 0 aliphatic rings. The molecule has 1 N–H and O–H groups in total. The highest BCUT2D eigenvalue weighted by Gasteiger charge is 1.80. The van der Waals surface area contributed by atoms with Gasteiger partial charge in [-0.25, -0.2) is 0 Å². The maximum atomic E-state index is 4.81. The number of rotatable bonds is 5. The maximum absolute atomic E-state index is 4.81. The molecule has 0 aliphatic heterocycles. The Morgan fingerprint density at radius 1 is 1.50 bits per heavy atom. The SMILES string of the molecule is [CH2]CCNCCOC. The van der Waals surface area contributed by atoms with Crippen LogP contribution in [-0.4, -0.2) is 26.8 Å². The molecule has 0 aromatic rings. The van der Waals surface area contributed by atoms with Crippen molar-refractivity contribution >= 4 is 0 Å². The van der Waals surface area contributed by atoms with E-state index in [9.17, 15) is 0 Å². The molecule has 0 aliphatic carbocycles. The summed E-state index contributed by atoms with van der Waals surface area (Å²) in [6.45, 7) is 6.40. The van der Waals surface area contributed by atoms with Gasteiger partial charge in [-0.2, -0.15) is 0 Å². The first-order valence-corrected chi connectivity index (χ1v) is 2.90. The van der Waals surface area contributed by atoms with Gasteiger partial charge < -0.3 is 10.1 Å². The molecule has 0 saturated heterocycles. The largest absolute Gasteiger partial charge is 0.383 e. The van der Waals surface area contributed by atoms with Gasteiger partial charge in [-0.1, -0.05) is 6.92 Å². The van der Waals surface area contributed by atoms with Crippen molar-refractivity contribution in [2.75, 3.05) is 26.8 Å². The maximum Gasteiger partial charge on any atom is 0.0587 e. The van der Waals surface area contributed by atoms with E-state index in [-0.39, 0.29) is 0 Å². The summed E-state index contributed by atoms with van der Waals surface area (Å²) in [4.78, 5) is 0. The van der Waals surface area contributed by atoms with Gasteiger partial charge in [0.1, 0.15) is 0 Å². The van der Waals surface area contributed by atoms with Crippen molar-refractivity contribution in [1.29, 1.82) is 0 Å². The van der Waals surface area contributed by atoms with Crippen molar-refractivity contribution in [3.05, 3.63) is 6.92 Å².